The van der Waals surface area contributed by atoms with Gasteiger partial charge >= 0.3 is 0 Å². The molecule has 0 aliphatic rings. The summed E-state index contributed by atoms with van der Waals surface area (Å²) in [5.41, 5.74) is 3.09. The van der Waals surface area contributed by atoms with Crippen molar-refractivity contribution < 1.29 is 9.72 Å². The number of nitrogens with one attached hydrogen (secondary N) is 1. The molecule has 8 heteroatoms. The molecule has 0 spiro atoms. The summed E-state index contributed by atoms with van der Waals surface area (Å²) in [4.78, 5) is 27.5. The molecule has 1 amide bonds. The number of benzene rings is 1. The molecule has 128 valence electrons. The second-order valence-corrected chi connectivity index (χ2v) is 5.96. The number of aryl methyl sites for hydroxylation is 4. The minimum Gasteiger partial charge on any atom is -0.304 e. The predicted molar refractivity (Wildman–Crippen MR) is 93.8 cm³/mol. The summed E-state index contributed by atoms with van der Waals surface area (Å²) in [5, 5.41) is 18.9. The number of carbonyl (C=O) groups excluding carboxylic acids is 1. The lowest BCUT2D eigenvalue weighted by molar-refractivity contribution is -0.385. The molecule has 0 unspecified atom stereocenters. The zero-order chi connectivity index (χ0) is 18.3. The lowest BCUT2D eigenvalue weighted by Gasteiger charge is -2.05. The van der Waals surface area contributed by atoms with Gasteiger partial charge in [0.15, 0.2) is 11.5 Å². The number of rotatable bonds is 3. The molecule has 2 aromatic heterocycles. The van der Waals surface area contributed by atoms with E-state index in [1.807, 2.05) is 19.9 Å². The van der Waals surface area contributed by atoms with E-state index in [9.17, 15) is 14.9 Å². The Kier molecular flexibility index (Phi) is 3.96. The van der Waals surface area contributed by atoms with Crippen LogP contribution in [0.25, 0.3) is 11.0 Å². The Morgan fingerprint density at radius 1 is 1.20 bits per heavy atom. The topological polar surface area (TPSA) is 103 Å². The molecule has 0 aliphatic heterocycles. The molecule has 8 nitrogen and oxygen atoms in total. The predicted octanol–water partition coefficient (Wildman–Crippen LogP) is 3.05. The molecule has 1 aromatic carbocycles. The monoisotopic (exact) mass is 339 g/mol. The summed E-state index contributed by atoms with van der Waals surface area (Å²) in [6.45, 7) is 5.44. The first-order valence-electron chi connectivity index (χ1n) is 7.65. The molecule has 0 bridgehead atoms. The van der Waals surface area contributed by atoms with E-state index >= 15 is 0 Å². The van der Waals surface area contributed by atoms with Crippen molar-refractivity contribution >= 4 is 28.4 Å². The summed E-state index contributed by atoms with van der Waals surface area (Å²) >= 11 is 0. The number of amides is 1. The smallest absolute Gasteiger partial charge is 0.273 e. The van der Waals surface area contributed by atoms with Crippen LogP contribution in [0.2, 0.25) is 0 Å². The average molecular weight is 339 g/mol. The van der Waals surface area contributed by atoms with Crippen molar-refractivity contribution in [2.24, 2.45) is 7.05 Å². The van der Waals surface area contributed by atoms with Gasteiger partial charge in [-0.25, -0.2) is 9.67 Å². The molecule has 3 aromatic rings. The Bertz CT molecular complexity index is 1020. The van der Waals surface area contributed by atoms with Gasteiger partial charge in [-0.15, -0.1) is 0 Å². The molecule has 0 aliphatic carbocycles. The number of anilines is 1. The van der Waals surface area contributed by atoms with E-state index in [-0.39, 0.29) is 11.3 Å². The van der Waals surface area contributed by atoms with Gasteiger partial charge in [0, 0.05) is 29.9 Å². The number of nitro groups is 1. The maximum Gasteiger partial charge on any atom is 0.273 e. The summed E-state index contributed by atoms with van der Waals surface area (Å²) < 4.78 is 1.60. The van der Waals surface area contributed by atoms with Gasteiger partial charge < -0.3 is 5.32 Å². The maximum atomic E-state index is 12.5. The number of carbonyl (C=O) groups is 1. The van der Waals surface area contributed by atoms with E-state index in [1.165, 1.54) is 6.07 Å². The van der Waals surface area contributed by atoms with E-state index in [2.05, 4.69) is 15.4 Å². The molecule has 2 heterocycles. The minimum absolute atomic E-state index is 0.0907. The van der Waals surface area contributed by atoms with Gasteiger partial charge in [0.2, 0.25) is 0 Å². The fourth-order valence-corrected chi connectivity index (χ4v) is 2.81. The number of nitrogens with zero attached hydrogens (tertiary/aromatic N) is 4. The second-order valence-electron chi connectivity index (χ2n) is 5.96. The normalized spacial score (nSPS) is 10.9. The zero-order valence-corrected chi connectivity index (χ0v) is 14.3. The summed E-state index contributed by atoms with van der Waals surface area (Å²) in [6, 6.07) is 6.29. The number of aromatic nitrogens is 3. The van der Waals surface area contributed by atoms with Crippen molar-refractivity contribution in [1.29, 1.82) is 0 Å². The maximum absolute atomic E-state index is 12.5. The van der Waals surface area contributed by atoms with Gasteiger partial charge in [-0.1, -0.05) is 6.07 Å². The summed E-state index contributed by atoms with van der Waals surface area (Å²) in [7, 11) is 1.75. The Morgan fingerprint density at radius 2 is 1.92 bits per heavy atom. The molecule has 1 N–H and O–H groups in total. The first-order valence-corrected chi connectivity index (χ1v) is 7.65. The van der Waals surface area contributed by atoms with E-state index < -0.39 is 10.8 Å². The van der Waals surface area contributed by atoms with Gasteiger partial charge in [0.05, 0.1) is 10.3 Å². The molecule has 0 radical (unpaired) electrons. The van der Waals surface area contributed by atoms with Gasteiger partial charge in [-0.3, -0.25) is 14.9 Å². The number of hydrogen-bond donors (Lipinski definition) is 1. The van der Waals surface area contributed by atoms with Gasteiger partial charge in [0.25, 0.3) is 11.6 Å². The van der Waals surface area contributed by atoms with E-state index in [0.717, 1.165) is 16.6 Å². The van der Waals surface area contributed by atoms with Gasteiger partial charge in [-0.05, 0) is 38.5 Å². The molecule has 0 atom stereocenters. The highest BCUT2D eigenvalue weighted by molar-refractivity contribution is 6.08. The highest BCUT2D eigenvalue weighted by Crippen LogP contribution is 2.26. The third-order valence-corrected chi connectivity index (χ3v) is 4.02. The highest BCUT2D eigenvalue weighted by Gasteiger charge is 2.19. The molecule has 0 fully saturated rings. The van der Waals surface area contributed by atoms with E-state index in [0.29, 0.717) is 17.0 Å². The summed E-state index contributed by atoms with van der Waals surface area (Å²) in [6.07, 6.45) is 0. The van der Waals surface area contributed by atoms with Crippen molar-refractivity contribution in [2.75, 3.05) is 5.32 Å². The SMILES string of the molecule is Cc1cc(C)c2c(NC(=O)c3ccc(C)c([N+](=O)[O-])c3)nn(C)c2n1. The van der Waals surface area contributed by atoms with E-state index in [1.54, 1.807) is 30.8 Å². The molecule has 25 heavy (non-hydrogen) atoms. The highest BCUT2D eigenvalue weighted by atomic mass is 16.6. The van der Waals surface area contributed by atoms with Crippen molar-refractivity contribution in [1.82, 2.24) is 14.8 Å². The van der Waals surface area contributed by atoms with Crippen molar-refractivity contribution in [3.8, 4) is 0 Å². The van der Waals surface area contributed by atoms with Crippen LogP contribution in [-0.2, 0) is 7.05 Å². The molecule has 3 rings (SSSR count). The fourth-order valence-electron chi connectivity index (χ4n) is 2.81. The number of fused-ring (bicyclic) bond motifs is 1. The molecular weight excluding hydrogens is 322 g/mol. The Hall–Kier alpha value is -3.29. The standard InChI is InChI=1S/C17H17N5O3/c1-9-5-6-12(8-13(9)22(24)25)17(23)19-15-14-10(2)7-11(3)18-16(14)21(4)20-15/h5-8H,1-4H3,(H,19,20,23). The zero-order valence-electron chi connectivity index (χ0n) is 14.3. The van der Waals surface area contributed by atoms with Crippen LogP contribution in [0, 0.1) is 30.9 Å². The molecule has 0 saturated heterocycles. The summed E-state index contributed by atoms with van der Waals surface area (Å²) in [5.74, 6) is -0.0706. The third-order valence-electron chi connectivity index (χ3n) is 4.02. The third kappa shape index (κ3) is 2.93. The van der Waals surface area contributed by atoms with Gasteiger partial charge in [-0.2, -0.15) is 5.10 Å². The van der Waals surface area contributed by atoms with Crippen molar-refractivity contribution in [3.63, 3.8) is 0 Å². The Morgan fingerprint density at radius 3 is 2.60 bits per heavy atom. The van der Waals surface area contributed by atoms with Gasteiger partial charge in [0.1, 0.15) is 0 Å². The lowest BCUT2D eigenvalue weighted by atomic mass is 10.1. The quantitative estimate of drug-likeness (QED) is 0.583. The molecular formula is C17H17N5O3. The van der Waals surface area contributed by atoms with Crippen LogP contribution in [0.15, 0.2) is 24.3 Å². The van der Waals surface area contributed by atoms with Crippen LogP contribution in [0.5, 0.6) is 0 Å². The van der Waals surface area contributed by atoms with Crippen LogP contribution in [0.3, 0.4) is 0 Å². The van der Waals surface area contributed by atoms with Crippen LogP contribution >= 0.6 is 0 Å². The average Bonchev–Trinajstić information content (AvgIpc) is 2.83. The lowest BCUT2D eigenvalue weighted by Crippen LogP contribution is -2.13. The number of nitro benzene ring substituents is 1. The Balaban J connectivity index is 2.01. The van der Waals surface area contributed by atoms with Crippen molar-refractivity contribution in [2.45, 2.75) is 20.8 Å². The van der Waals surface area contributed by atoms with Crippen LogP contribution in [-0.4, -0.2) is 25.6 Å². The number of pyridine rings is 1. The van der Waals surface area contributed by atoms with Crippen LogP contribution in [0.1, 0.15) is 27.2 Å². The first kappa shape index (κ1) is 16.6. The van der Waals surface area contributed by atoms with Crippen molar-refractivity contribution in [3.05, 3.63) is 56.8 Å². The van der Waals surface area contributed by atoms with Crippen LogP contribution < -0.4 is 5.32 Å². The van der Waals surface area contributed by atoms with E-state index in [4.69, 9.17) is 0 Å². The minimum atomic E-state index is -0.501. The Labute approximate surface area is 143 Å². The second kappa shape index (κ2) is 5.97. The van der Waals surface area contributed by atoms with Crippen LogP contribution in [0.4, 0.5) is 11.5 Å². The molecule has 0 saturated carbocycles. The fraction of sp³-hybridized carbons (Fsp3) is 0.235. The largest absolute Gasteiger partial charge is 0.304 e. The number of hydrogen-bond acceptors (Lipinski definition) is 5. The first-order chi connectivity index (χ1) is 11.8.